The minimum atomic E-state index is -0.613. The summed E-state index contributed by atoms with van der Waals surface area (Å²) in [6.45, 7) is 0.903. The first-order chi connectivity index (χ1) is 13.0. The van der Waals surface area contributed by atoms with Gasteiger partial charge in [-0.05, 0) is 42.4 Å². The molecule has 1 aliphatic heterocycles. The summed E-state index contributed by atoms with van der Waals surface area (Å²) in [5.74, 6) is 0.908. The number of amides is 1. The van der Waals surface area contributed by atoms with Crippen molar-refractivity contribution in [1.82, 2.24) is 4.90 Å². The zero-order valence-electron chi connectivity index (χ0n) is 14.9. The fourth-order valence-electron chi connectivity index (χ4n) is 3.99. The quantitative estimate of drug-likeness (QED) is 0.810. The number of hydrogen-bond donors (Lipinski definition) is 1. The van der Waals surface area contributed by atoms with Crippen molar-refractivity contribution in [1.29, 1.82) is 0 Å². The molecule has 0 fully saturated rings. The second kappa shape index (κ2) is 7.64. The van der Waals surface area contributed by atoms with Crippen LogP contribution in [0.2, 0.25) is 10.0 Å². The number of aliphatic hydroxyl groups excluding tert-OH is 1. The van der Waals surface area contributed by atoms with Gasteiger partial charge in [0.25, 0.3) is 0 Å². The van der Waals surface area contributed by atoms with Gasteiger partial charge in [0.05, 0.1) is 24.4 Å². The van der Waals surface area contributed by atoms with Crippen LogP contribution in [-0.4, -0.2) is 47.9 Å². The molecule has 0 bridgehead atoms. The van der Waals surface area contributed by atoms with Crippen molar-refractivity contribution in [3.8, 4) is 0 Å². The standard InChI is InChI=1S/C20H20Cl2N2O2S/c1-23(20-14-8-12(21)9-15(22)13(14)10-17(20)25)11-19(26)24-6-7-27-18-5-3-2-4-16(18)24/h2-5,8-9,17,20,25H,6-7,10-11H2,1H3. The van der Waals surface area contributed by atoms with Gasteiger partial charge >= 0.3 is 0 Å². The van der Waals surface area contributed by atoms with Gasteiger partial charge in [0.1, 0.15) is 0 Å². The van der Waals surface area contributed by atoms with E-state index < -0.39 is 6.10 Å². The second-order valence-electron chi connectivity index (χ2n) is 6.95. The number of carbonyl (C=O) groups excluding carboxylic acids is 1. The smallest absolute Gasteiger partial charge is 0.241 e. The Morgan fingerprint density at radius 3 is 2.93 bits per heavy atom. The van der Waals surface area contributed by atoms with Crippen molar-refractivity contribution in [2.75, 3.05) is 30.8 Å². The molecule has 0 spiro atoms. The number of likely N-dealkylation sites (N-methyl/N-ethyl adjacent to an activating group) is 1. The third-order valence-corrected chi connectivity index (χ3v) is 6.78. The lowest BCUT2D eigenvalue weighted by Gasteiger charge is -2.33. The Hall–Kier alpha value is -1.24. The fraction of sp³-hybridized carbons (Fsp3) is 0.350. The molecular formula is C20H20Cl2N2O2S. The highest BCUT2D eigenvalue weighted by molar-refractivity contribution is 7.99. The first kappa shape index (κ1) is 19.1. The Morgan fingerprint density at radius 1 is 1.33 bits per heavy atom. The van der Waals surface area contributed by atoms with Gasteiger partial charge in [-0.1, -0.05) is 35.3 Å². The van der Waals surface area contributed by atoms with Crippen LogP contribution in [0.5, 0.6) is 0 Å². The lowest BCUT2D eigenvalue weighted by atomic mass is 10.1. The number of para-hydroxylation sites is 1. The maximum absolute atomic E-state index is 13.0. The molecule has 4 rings (SSSR count). The Balaban J connectivity index is 1.56. The number of rotatable bonds is 3. The van der Waals surface area contributed by atoms with Gasteiger partial charge in [-0.3, -0.25) is 9.69 Å². The summed E-state index contributed by atoms with van der Waals surface area (Å²) >= 11 is 14.2. The normalized spacial score (nSPS) is 21.3. The van der Waals surface area contributed by atoms with Crippen LogP contribution in [-0.2, 0) is 11.2 Å². The molecule has 2 unspecified atom stereocenters. The number of hydrogen-bond acceptors (Lipinski definition) is 4. The summed E-state index contributed by atoms with van der Waals surface area (Å²) in [5, 5.41) is 11.7. The molecule has 0 saturated carbocycles. The first-order valence-corrected chi connectivity index (χ1v) is 10.6. The number of nitrogens with zero attached hydrogens (tertiary/aromatic N) is 2. The van der Waals surface area contributed by atoms with Crippen molar-refractivity contribution < 1.29 is 9.90 Å². The summed E-state index contributed by atoms with van der Waals surface area (Å²) in [5.41, 5.74) is 2.79. The molecule has 1 aliphatic carbocycles. The van der Waals surface area contributed by atoms with E-state index in [2.05, 4.69) is 0 Å². The molecule has 27 heavy (non-hydrogen) atoms. The molecule has 2 atom stereocenters. The predicted octanol–water partition coefficient (Wildman–Crippen LogP) is 4.02. The van der Waals surface area contributed by atoms with Gasteiger partial charge in [-0.15, -0.1) is 11.8 Å². The lowest BCUT2D eigenvalue weighted by Crippen LogP contribution is -2.44. The van der Waals surface area contributed by atoms with Crippen LogP contribution in [0.1, 0.15) is 17.2 Å². The van der Waals surface area contributed by atoms with E-state index in [1.807, 2.05) is 47.2 Å². The Morgan fingerprint density at radius 2 is 2.11 bits per heavy atom. The highest BCUT2D eigenvalue weighted by Gasteiger charge is 2.37. The molecule has 0 aromatic heterocycles. The van der Waals surface area contributed by atoms with E-state index in [4.69, 9.17) is 23.2 Å². The monoisotopic (exact) mass is 422 g/mol. The Kier molecular flexibility index (Phi) is 5.41. The van der Waals surface area contributed by atoms with Crippen molar-refractivity contribution in [2.45, 2.75) is 23.5 Å². The average Bonchev–Trinajstić information content (AvgIpc) is 2.97. The van der Waals surface area contributed by atoms with E-state index in [0.717, 1.165) is 27.5 Å². The molecule has 1 heterocycles. The van der Waals surface area contributed by atoms with Gasteiger partial charge in [0, 0.05) is 33.7 Å². The molecule has 2 aliphatic rings. The van der Waals surface area contributed by atoms with Crippen molar-refractivity contribution in [2.24, 2.45) is 0 Å². The SMILES string of the molecule is CN(CC(=O)N1CCSc2ccccc21)C1c2cc(Cl)cc(Cl)c2CC1O. The number of halogens is 2. The average molecular weight is 423 g/mol. The fourth-order valence-corrected chi connectivity index (χ4v) is 5.57. The van der Waals surface area contributed by atoms with E-state index in [0.29, 0.717) is 23.0 Å². The molecule has 0 saturated heterocycles. The number of anilines is 1. The molecule has 7 heteroatoms. The molecule has 4 nitrogen and oxygen atoms in total. The van der Waals surface area contributed by atoms with Gasteiger partial charge in [-0.25, -0.2) is 0 Å². The lowest BCUT2D eigenvalue weighted by molar-refractivity contribution is -0.120. The highest BCUT2D eigenvalue weighted by Crippen LogP contribution is 2.41. The van der Waals surface area contributed by atoms with E-state index in [1.54, 1.807) is 17.8 Å². The highest BCUT2D eigenvalue weighted by atomic mass is 35.5. The Labute approximate surface area is 173 Å². The van der Waals surface area contributed by atoms with Crippen molar-refractivity contribution in [3.05, 3.63) is 57.6 Å². The summed E-state index contributed by atoms with van der Waals surface area (Å²) in [6, 6.07) is 11.2. The van der Waals surface area contributed by atoms with Crippen LogP contribution >= 0.6 is 35.0 Å². The number of carbonyl (C=O) groups is 1. The van der Waals surface area contributed by atoms with Gasteiger partial charge in [0.15, 0.2) is 0 Å². The van der Waals surface area contributed by atoms with Crippen LogP contribution in [0.25, 0.3) is 0 Å². The summed E-state index contributed by atoms with van der Waals surface area (Å²) in [6.07, 6.45) is -0.143. The van der Waals surface area contributed by atoms with Crippen LogP contribution in [0.15, 0.2) is 41.3 Å². The number of fused-ring (bicyclic) bond motifs is 2. The van der Waals surface area contributed by atoms with E-state index in [9.17, 15) is 9.90 Å². The number of aliphatic hydroxyl groups is 1. The van der Waals surface area contributed by atoms with Crippen LogP contribution < -0.4 is 4.90 Å². The third-order valence-electron chi connectivity index (χ3n) is 5.18. The zero-order valence-corrected chi connectivity index (χ0v) is 17.2. The van der Waals surface area contributed by atoms with Gasteiger partial charge in [-0.2, -0.15) is 0 Å². The summed E-state index contributed by atoms with van der Waals surface area (Å²) in [4.78, 5) is 17.9. The molecule has 142 valence electrons. The third kappa shape index (κ3) is 3.59. The maximum Gasteiger partial charge on any atom is 0.241 e. The number of benzene rings is 2. The molecule has 1 amide bonds. The maximum atomic E-state index is 13.0. The molecule has 2 aromatic rings. The first-order valence-electron chi connectivity index (χ1n) is 8.84. The van der Waals surface area contributed by atoms with Gasteiger partial charge < -0.3 is 10.0 Å². The largest absolute Gasteiger partial charge is 0.391 e. The predicted molar refractivity (Wildman–Crippen MR) is 111 cm³/mol. The summed E-state index contributed by atoms with van der Waals surface area (Å²) in [7, 11) is 1.86. The molecule has 0 radical (unpaired) electrons. The van der Waals surface area contributed by atoms with Crippen molar-refractivity contribution in [3.63, 3.8) is 0 Å². The minimum absolute atomic E-state index is 0.0269. The molecular weight excluding hydrogens is 403 g/mol. The molecule has 1 N–H and O–H groups in total. The van der Waals surface area contributed by atoms with E-state index in [1.165, 1.54) is 0 Å². The molecule has 2 aromatic carbocycles. The summed E-state index contributed by atoms with van der Waals surface area (Å²) < 4.78 is 0. The van der Waals surface area contributed by atoms with Crippen molar-refractivity contribution >= 4 is 46.6 Å². The van der Waals surface area contributed by atoms with Crippen LogP contribution in [0.3, 0.4) is 0 Å². The Bertz CT molecular complexity index is 892. The van der Waals surface area contributed by atoms with Crippen LogP contribution in [0, 0.1) is 0 Å². The van der Waals surface area contributed by atoms with Gasteiger partial charge in [0.2, 0.25) is 5.91 Å². The number of thioether (sulfide) groups is 1. The topological polar surface area (TPSA) is 43.8 Å². The zero-order chi connectivity index (χ0) is 19.1. The van der Waals surface area contributed by atoms with E-state index >= 15 is 0 Å². The minimum Gasteiger partial charge on any atom is -0.391 e. The second-order valence-corrected chi connectivity index (χ2v) is 8.93. The van der Waals surface area contributed by atoms with Crippen LogP contribution in [0.4, 0.5) is 5.69 Å². The van der Waals surface area contributed by atoms with E-state index in [-0.39, 0.29) is 18.5 Å².